The molecule has 1 fully saturated rings. The van der Waals surface area contributed by atoms with Gasteiger partial charge >= 0.3 is 0 Å². The largest absolute Gasteiger partial charge is 0.504 e. The van der Waals surface area contributed by atoms with E-state index in [2.05, 4.69) is 39.8 Å². The monoisotopic (exact) mass is 433 g/mol. The average molecular weight is 434 g/mol. The summed E-state index contributed by atoms with van der Waals surface area (Å²) >= 11 is 1.21. The number of hydrogen-bond donors (Lipinski definition) is 1. The number of nitrogens with zero attached hydrogens (tertiary/aromatic N) is 9. The zero-order valence-electron chi connectivity index (χ0n) is 16.8. The Kier molecular flexibility index (Phi) is 5.08. The van der Waals surface area contributed by atoms with Gasteiger partial charge in [0, 0.05) is 32.4 Å². The number of phenols is 1. The first-order chi connectivity index (χ1) is 15.2. The molecule has 11 heteroatoms. The van der Waals surface area contributed by atoms with Crippen LogP contribution < -0.4 is 4.90 Å². The third-order valence-electron chi connectivity index (χ3n) is 5.09. The van der Waals surface area contributed by atoms with Crippen LogP contribution in [0.5, 0.6) is 5.75 Å². The van der Waals surface area contributed by atoms with Gasteiger partial charge in [0.25, 0.3) is 0 Å². The summed E-state index contributed by atoms with van der Waals surface area (Å²) in [6.07, 6.45) is 5.54. The van der Waals surface area contributed by atoms with E-state index in [4.69, 9.17) is 0 Å². The van der Waals surface area contributed by atoms with Crippen molar-refractivity contribution >= 4 is 50.4 Å². The van der Waals surface area contributed by atoms with Gasteiger partial charge in [-0.15, -0.1) is 20.5 Å². The van der Waals surface area contributed by atoms with Crippen molar-refractivity contribution < 1.29 is 5.11 Å². The van der Waals surface area contributed by atoms with E-state index in [1.165, 1.54) is 11.5 Å². The van der Waals surface area contributed by atoms with Gasteiger partial charge in [-0.25, -0.2) is 9.67 Å². The maximum atomic E-state index is 11.0. The Morgan fingerprint density at radius 3 is 2.68 bits per heavy atom. The molecule has 0 bridgehead atoms. The normalized spacial score (nSPS) is 14.5. The highest BCUT2D eigenvalue weighted by Crippen LogP contribution is 2.46. The lowest BCUT2D eigenvalue weighted by Gasteiger charge is -2.20. The zero-order chi connectivity index (χ0) is 21.2. The topological polar surface area (TPSA) is 117 Å². The van der Waals surface area contributed by atoms with E-state index in [-0.39, 0.29) is 5.75 Å². The number of anilines is 1. The number of benzene rings is 1. The highest BCUT2D eigenvalue weighted by atomic mass is 32.1. The third kappa shape index (κ3) is 3.75. The van der Waals surface area contributed by atoms with Crippen LogP contribution in [0, 0.1) is 0 Å². The summed E-state index contributed by atoms with van der Waals surface area (Å²) in [4.78, 5) is 6.40. The molecular weight excluding hydrogens is 414 g/mol. The number of hydrogen-bond acceptors (Lipinski definition) is 10. The van der Waals surface area contributed by atoms with E-state index < -0.39 is 0 Å². The first kappa shape index (κ1) is 19.2. The van der Waals surface area contributed by atoms with Gasteiger partial charge < -0.3 is 10.0 Å². The lowest BCUT2D eigenvalue weighted by atomic mass is 10.2. The van der Waals surface area contributed by atoms with E-state index in [0.29, 0.717) is 27.8 Å². The van der Waals surface area contributed by atoms with Crippen LogP contribution in [0.4, 0.5) is 27.9 Å². The summed E-state index contributed by atoms with van der Waals surface area (Å²) in [6.45, 7) is 1.82. The predicted octanol–water partition coefficient (Wildman–Crippen LogP) is 5.56. The Morgan fingerprint density at radius 2 is 1.87 bits per heavy atom. The number of rotatable bonds is 5. The summed E-state index contributed by atoms with van der Waals surface area (Å²) in [7, 11) is 1.79. The number of azo groups is 2. The zero-order valence-corrected chi connectivity index (χ0v) is 17.6. The molecule has 5 rings (SSSR count). The van der Waals surface area contributed by atoms with Crippen molar-refractivity contribution in [2.24, 2.45) is 27.5 Å². The quantitative estimate of drug-likeness (QED) is 0.413. The molecule has 10 nitrogen and oxygen atoms in total. The summed E-state index contributed by atoms with van der Waals surface area (Å²) in [5, 5.41) is 33.7. The van der Waals surface area contributed by atoms with Crippen LogP contribution >= 0.6 is 11.5 Å². The number of aromatic hydroxyl groups is 1. The van der Waals surface area contributed by atoms with Gasteiger partial charge in [0.05, 0.1) is 17.3 Å². The van der Waals surface area contributed by atoms with Crippen LogP contribution in [0.25, 0.3) is 11.0 Å². The van der Waals surface area contributed by atoms with E-state index in [0.717, 1.165) is 37.0 Å². The van der Waals surface area contributed by atoms with Crippen molar-refractivity contribution in [3.63, 3.8) is 0 Å². The highest BCUT2D eigenvalue weighted by Gasteiger charge is 2.21. The molecule has 3 aromatic heterocycles. The molecule has 1 aromatic carbocycles. The molecule has 31 heavy (non-hydrogen) atoms. The van der Waals surface area contributed by atoms with Crippen LogP contribution in [-0.2, 0) is 7.05 Å². The minimum atomic E-state index is -0.0639. The maximum Gasteiger partial charge on any atom is 0.175 e. The summed E-state index contributed by atoms with van der Waals surface area (Å²) < 4.78 is 5.88. The molecule has 1 aliphatic rings. The first-order valence-electron chi connectivity index (χ1n) is 9.83. The molecule has 156 valence electrons. The maximum absolute atomic E-state index is 11.0. The van der Waals surface area contributed by atoms with Crippen molar-refractivity contribution in [2.75, 3.05) is 18.0 Å². The fourth-order valence-electron chi connectivity index (χ4n) is 3.46. The van der Waals surface area contributed by atoms with E-state index in [1.807, 2.05) is 18.2 Å². The molecule has 0 aliphatic carbocycles. The van der Waals surface area contributed by atoms with Crippen LogP contribution in [0.2, 0.25) is 0 Å². The standard InChI is InChI=1S/C20H19N9OS/c1-28-16(8-10-22-28)24-25-17-15(29-11-2-3-12-29)7-6-14(18(17)30)23-26-20-13-5-4-9-21-19(13)27-31-20/h4-10,30H,2-3,11-12H2,1H3/b25-24+,26-23+. The van der Waals surface area contributed by atoms with E-state index in [9.17, 15) is 5.11 Å². The number of aromatic nitrogens is 4. The van der Waals surface area contributed by atoms with E-state index >= 15 is 0 Å². The Bertz CT molecular complexity index is 1290. The Labute approximate surface area is 181 Å². The van der Waals surface area contributed by atoms with Gasteiger partial charge in [-0.05, 0) is 48.6 Å². The second-order valence-electron chi connectivity index (χ2n) is 7.07. The van der Waals surface area contributed by atoms with Crippen molar-refractivity contribution in [1.29, 1.82) is 0 Å². The molecule has 1 saturated heterocycles. The number of pyridine rings is 1. The number of fused-ring (bicyclic) bond motifs is 1. The smallest absolute Gasteiger partial charge is 0.175 e. The predicted molar refractivity (Wildman–Crippen MR) is 119 cm³/mol. The number of phenolic OH excluding ortho intramolecular Hbond substituents is 1. The molecule has 1 N–H and O–H groups in total. The fraction of sp³-hybridized carbons (Fsp3) is 0.250. The molecule has 1 aliphatic heterocycles. The van der Waals surface area contributed by atoms with Gasteiger partial charge in [-0.2, -0.15) is 9.47 Å². The summed E-state index contributed by atoms with van der Waals surface area (Å²) in [5.41, 5.74) is 2.13. The lowest BCUT2D eigenvalue weighted by Crippen LogP contribution is -2.17. The Hall–Kier alpha value is -3.73. The van der Waals surface area contributed by atoms with Gasteiger partial charge in [-0.1, -0.05) is 0 Å². The fourth-order valence-corrected chi connectivity index (χ4v) is 4.11. The summed E-state index contributed by atoms with van der Waals surface area (Å²) in [6, 6.07) is 9.13. The first-order valence-corrected chi connectivity index (χ1v) is 10.6. The van der Waals surface area contributed by atoms with Crippen LogP contribution in [0.3, 0.4) is 0 Å². The second kappa shape index (κ2) is 8.19. The molecule has 0 unspecified atom stereocenters. The van der Waals surface area contributed by atoms with Crippen molar-refractivity contribution in [2.45, 2.75) is 12.8 Å². The highest BCUT2D eigenvalue weighted by molar-refractivity contribution is 7.11. The Morgan fingerprint density at radius 1 is 1.00 bits per heavy atom. The van der Waals surface area contributed by atoms with Gasteiger partial charge in [0.1, 0.15) is 5.69 Å². The van der Waals surface area contributed by atoms with Crippen molar-refractivity contribution in [3.05, 3.63) is 42.7 Å². The second-order valence-corrected chi connectivity index (χ2v) is 7.82. The molecule has 0 saturated carbocycles. The van der Waals surface area contributed by atoms with Crippen molar-refractivity contribution in [1.82, 2.24) is 19.1 Å². The molecule has 0 radical (unpaired) electrons. The average Bonchev–Trinajstić information content (AvgIpc) is 3.53. The van der Waals surface area contributed by atoms with E-state index in [1.54, 1.807) is 36.3 Å². The molecule has 0 spiro atoms. The van der Waals surface area contributed by atoms with Crippen LogP contribution in [0.1, 0.15) is 12.8 Å². The van der Waals surface area contributed by atoms with Gasteiger partial charge in [0.2, 0.25) is 0 Å². The Balaban J connectivity index is 1.54. The number of aryl methyl sites for hydroxylation is 1. The minimum absolute atomic E-state index is 0.0639. The summed E-state index contributed by atoms with van der Waals surface area (Å²) in [5.74, 6) is 0.522. The minimum Gasteiger partial charge on any atom is -0.504 e. The van der Waals surface area contributed by atoms with Gasteiger partial charge in [-0.3, -0.25) is 0 Å². The molecule has 4 aromatic rings. The van der Waals surface area contributed by atoms with Gasteiger partial charge in [0.15, 0.2) is 27.9 Å². The van der Waals surface area contributed by atoms with Crippen molar-refractivity contribution in [3.8, 4) is 5.75 Å². The third-order valence-corrected chi connectivity index (χ3v) is 5.83. The molecule has 0 amide bonds. The molecular formula is C20H19N9OS. The molecule has 0 atom stereocenters. The van der Waals surface area contributed by atoms with Crippen LogP contribution in [-0.4, -0.2) is 37.3 Å². The SMILES string of the molecule is Cn1nccc1/N=N/c1c(N2CCCC2)ccc(/N=N/c2snc3ncccc23)c1O. The lowest BCUT2D eigenvalue weighted by molar-refractivity contribution is 0.477. The van der Waals surface area contributed by atoms with Crippen LogP contribution in [0.15, 0.2) is 63.2 Å². The molecule has 4 heterocycles.